The second-order valence-corrected chi connectivity index (χ2v) is 7.43. The lowest BCUT2D eigenvalue weighted by Crippen LogP contribution is -2.49. The van der Waals surface area contributed by atoms with Crippen molar-refractivity contribution in [2.24, 2.45) is 5.92 Å². The van der Waals surface area contributed by atoms with Gasteiger partial charge in [-0.2, -0.15) is 0 Å². The molecule has 27 heavy (non-hydrogen) atoms. The van der Waals surface area contributed by atoms with E-state index in [2.05, 4.69) is 12.1 Å². The van der Waals surface area contributed by atoms with Crippen LogP contribution in [-0.4, -0.2) is 67.6 Å². The number of piperidine rings is 2. The summed E-state index contributed by atoms with van der Waals surface area (Å²) in [5.74, 6) is 0.0794. The molecule has 2 heterocycles. The fourth-order valence-electron chi connectivity index (χ4n) is 3.91. The first-order valence-corrected chi connectivity index (χ1v) is 9.88. The van der Waals surface area contributed by atoms with E-state index in [0.717, 1.165) is 45.3 Å². The van der Waals surface area contributed by atoms with Crippen LogP contribution in [0.4, 0.5) is 0 Å². The standard InChI is InChI=1S/C21H30N2O4/c1-26-16-20(24)23-11-5-8-18(14-23)21(25)22-12-9-19(10-13-22)27-15-17-6-3-2-4-7-17/h2-4,6-7,18-19H,5,8-16H2,1H3/t18-/m0/s1. The number of amides is 2. The number of hydrogen-bond donors (Lipinski definition) is 0. The van der Waals surface area contributed by atoms with Crippen molar-refractivity contribution in [2.75, 3.05) is 39.9 Å². The molecule has 2 saturated heterocycles. The van der Waals surface area contributed by atoms with E-state index < -0.39 is 0 Å². The monoisotopic (exact) mass is 374 g/mol. The minimum absolute atomic E-state index is 0.0250. The molecule has 0 N–H and O–H groups in total. The summed E-state index contributed by atoms with van der Waals surface area (Å²) in [7, 11) is 1.52. The van der Waals surface area contributed by atoms with Crippen LogP contribution in [0.3, 0.4) is 0 Å². The van der Waals surface area contributed by atoms with E-state index in [-0.39, 0.29) is 30.4 Å². The van der Waals surface area contributed by atoms with Crippen LogP contribution in [0.15, 0.2) is 30.3 Å². The summed E-state index contributed by atoms with van der Waals surface area (Å²) in [6, 6.07) is 10.2. The van der Waals surface area contributed by atoms with Gasteiger partial charge >= 0.3 is 0 Å². The summed E-state index contributed by atoms with van der Waals surface area (Å²) in [4.78, 5) is 28.6. The maximum Gasteiger partial charge on any atom is 0.248 e. The largest absolute Gasteiger partial charge is 0.375 e. The van der Waals surface area contributed by atoms with Crippen molar-refractivity contribution in [2.45, 2.75) is 38.4 Å². The summed E-state index contributed by atoms with van der Waals surface area (Å²) in [6.45, 7) is 3.43. The van der Waals surface area contributed by atoms with Gasteiger partial charge in [-0.25, -0.2) is 0 Å². The Kier molecular flexibility index (Phi) is 7.24. The van der Waals surface area contributed by atoms with Gasteiger partial charge in [0, 0.05) is 33.3 Å². The van der Waals surface area contributed by atoms with Crippen LogP contribution in [0.2, 0.25) is 0 Å². The summed E-state index contributed by atoms with van der Waals surface area (Å²) in [5, 5.41) is 0. The van der Waals surface area contributed by atoms with E-state index in [4.69, 9.17) is 9.47 Å². The number of likely N-dealkylation sites (tertiary alicyclic amines) is 2. The minimum atomic E-state index is -0.0821. The SMILES string of the molecule is COCC(=O)N1CCC[C@H](C(=O)N2CCC(OCc3ccccc3)CC2)C1. The van der Waals surface area contributed by atoms with Gasteiger partial charge in [0.05, 0.1) is 18.6 Å². The van der Waals surface area contributed by atoms with Gasteiger partial charge < -0.3 is 19.3 Å². The molecule has 0 aliphatic carbocycles. The molecule has 0 aromatic heterocycles. The molecule has 148 valence electrons. The van der Waals surface area contributed by atoms with E-state index in [9.17, 15) is 9.59 Å². The summed E-state index contributed by atoms with van der Waals surface area (Å²) >= 11 is 0. The lowest BCUT2D eigenvalue weighted by atomic mass is 9.95. The number of benzene rings is 1. The van der Waals surface area contributed by atoms with Crippen molar-refractivity contribution in [3.63, 3.8) is 0 Å². The molecule has 2 amide bonds. The van der Waals surface area contributed by atoms with Crippen LogP contribution in [-0.2, 0) is 25.7 Å². The highest BCUT2D eigenvalue weighted by molar-refractivity contribution is 5.82. The molecule has 2 aliphatic rings. The molecular weight excluding hydrogens is 344 g/mol. The number of methoxy groups -OCH3 is 1. The normalized spacial score (nSPS) is 21.3. The van der Waals surface area contributed by atoms with Crippen LogP contribution >= 0.6 is 0 Å². The van der Waals surface area contributed by atoms with Crippen molar-refractivity contribution in [3.8, 4) is 0 Å². The van der Waals surface area contributed by atoms with Crippen LogP contribution in [0.5, 0.6) is 0 Å². The Morgan fingerprint density at radius 1 is 1.04 bits per heavy atom. The first-order chi connectivity index (χ1) is 13.2. The molecule has 6 nitrogen and oxygen atoms in total. The smallest absolute Gasteiger partial charge is 0.248 e. The molecule has 1 aromatic rings. The van der Waals surface area contributed by atoms with Crippen LogP contribution in [0, 0.1) is 5.92 Å². The van der Waals surface area contributed by atoms with Gasteiger partial charge in [-0.05, 0) is 31.2 Å². The van der Waals surface area contributed by atoms with Gasteiger partial charge in [-0.1, -0.05) is 30.3 Å². The summed E-state index contributed by atoms with van der Waals surface area (Å²) in [6.07, 6.45) is 3.69. The van der Waals surface area contributed by atoms with E-state index in [1.807, 2.05) is 23.1 Å². The second kappa shape index (κ2) is 9.85. The minimum Gasteiger partial charge on any atom is -0.375 e. The number of carbonyl (C=O) groups excluding carboxylic acids is 2. The fraction of sp³-hybridized carbons (Fsp3) is 0.619. The van der Waals surface area contributed by atoms with Crippen molar-refractivity contribution < 1.29 is 19.1 Å². The molecule has 0 spiro atoms. The third-order valence-electron chi connectivity index (χ3n) is 5.47. The van der Waals surface area contributed by atoms with Crippen LogP contribution < -0.4 is 0 Å². The van der Waals surface area contributed by atoms with E-state index in [0.29, 0.717) is 13.2 Å². The Hall–Kier alpha value is -1.92. The van der Waals surface area contributed by atoms with E-state index >= 15 is 0 Å². The Balaban J connectivity index is 1.43. The predicted molar refractivity (Wildman–Crippen MR) is 102 cm³/mol. The van der Waals surface area contributed by atoms with Gasteiger partial charge in [0.15, 0.2) is 0 Å². The van der Waals surface area contributed by atoms with Crippen molar-refractivity contribution in [1.82, 2.24) is 9.80 Å². The topological polar surface area (TPSA) is 59.1 Å². The summed E-state index contributed by atoms with van der Waals surface area (Å²) in [5.41, 5.74) is 1.18. The average molecular weight is 374 g/mol. The molecule has 2 aliphatic heterocycles. The molecule has 0 saturated carbocycles. The highest BCUT2D eigenvalue weighted by atomic mass is 16.5. The Morgan fingerprint density at radius 3 is 2.48 bits per heavy atom. The van der Waals surface area contributed by atoms with Gasteiger partial charge in [0.1, 0.15) is 6.61 Å². The van der Waals surface area contributed by atoms with E-state index in [1.54, 1.807) is 4.90 Å². The third-order valence-corrected chi connectivity index (χ3v) is 5.47. The lowest BCUT2D eigenvalue weighted by molar-refractivity contribution is -0.144. The zero-order valence-electron chi connectivity index (χ0n) is 16.1. The van der Waals surface area contributed by atoms with Gasteiger partial charge in [0.25, 0.3) is 0 Å². The highest BCUT2D eigenvalue weighted by Crippen LogP contribution is 2.22. The number of hydrogen-bond acceptors (Lipinski definition) is 4. The number of rotatable bonds is 6. The van der Waals surface area contributed by atoms with Crippen molar-refractivity contribution in [1.29, 1.82) is 0 Å². The van der Waals surface area contributed by atoms with Crippen LogP contribution in [0.1, 0.15) is 31.2 Å². The Morgan fingerprint density at radius 2 is 1.78 bits per heavy atom. The maximum absolute atomic E-state index is 12.9. The molecule has 6 heteroatoms. The molecule has 1 aromatic carbocycles. The van der Waals surface area contributed by atoms with Crippen molar-refractivity contribution >= 4 is 11.8 Å². The number of carbonyl (C=O) groups is 2. The van der Waals surface area contributed by atoms with Crippen LogP contribution in [0.25, 0.3) is 0 Å². The molecule has 0 bridgehead atoms. The quantitative estimate of drug-likeness (QED) is 0.765. The fourth-order valence-corrected chi connectivity index (χ4v) is 3.91. The third kappa shape index (κ3) is 5.53. The molecule has 1 atom stereocenters. The molecule has 3 rings (SSSR count). The number of nitrogens with zero attached hydrogens (tertiary/aromatic N) is 2. The molecule has 0 radical (unpaired) electrons. The van der Waals surface area contributed by atoms with E-state index in [1.165, 1.54) is 12.7 Å². The Labute approximate surface area is 161 Å². The first kappa shape index (κ1) is 19.8. The molecule has 0 unspecified atom stereocenters. The lowest BCUT2D eigenvalue weighted by Gasteiger charge is -2.37. The van der Waals surface area contributed by atoms with Gasteiger partial charge in [0.2, 0.25) is 11.8 Å². The highest BCUT2D eigenvalue weighted by Gasteiger charge is 2.32. The molecule has 2 fully saturated rings. The maximum atomic E-state index is 12.9. The molecular formula is C21H30N2O4. The second-order valence-electron chi connectivity index (χ2n) is 7.43. The first-order valence-electron chi connectivity index (χ1n) is 9.88. The summed E-state index contributed by atoms with van der Waals surface area (Å²) < 4.78 is 10.9. The zero-order chi connectivity index (χ0) is 19.1. The zero-order valence-corrected chi connectivity index (χ0v) is 16.1. The average Bonchev–Trinajstić information content (AvgIpc) is 2.73. The van der Waals surface area contributed by atoms with Gasteiger partial charge in [-0.3, -0.25) is 9.59 Å². The Bertz CT molecular complexity index is 614. The number of ether oxygens (including phenoxy) is 2. The van der Waals surface area contributed by atoms with Gasteiger partial charge in [-0.15, -0.1) is 0 Å². The van der Waals surface area contributed by atoms with Crippen molar-refractivity contribution in [3.05, 3.63) is 35.9 Å². The predicted octanol–water partition coefficient (Wildman–Crippen LogP) is 2.08.